The van der Waals surface area contributed by atoms with Crippen molar-refractivity contribution in [2.75, 3.05) is 0 Å². The number of nitrogens with one attached hydrogen (secondary N) is 2. The van der Waals surface area contributed by atoms with Crippen LogP contribution in [-0.2, 0) is 15.7 Å². The summed E-state index contributed by atoms with van der Waals surface area (Å²) < 4.78 is 50.6. The minimum absolute atomic E-state index is 0.137. The van der Waals surface area contributed by atoms with Crippen molar-refractivity contribution in [3.63, 3.8) is 0 Å². The van der Waals surface area contributed by atoms with Gasteiger partial charge in [0.05, 0.1) is 16.9 Å². The number of ether oxygens (including phenoxy) is 2. The fourth-order valence-electron chi connectivity index (χ4n) is 2.60. The summed E-state index contributed by atoms with van der Waals surface area (Å²) >= 11 is 0. The van der Waals surface area contributed by atoms with Crippen molar-refractivity contribution in [1.82, 2.24) is 15.6 Å². The maximum absolute atomic E-state index is 13.4. The van der Waals surface area contributed by atoms with E-state index in [0.717, 1.165) is 6.07 Å². The number of amides is 2. The number of halogens is 3. The molecule has 2 N–H and O–H groups in total. The summed E-state index contributed by atoms with van der Waals surface area (Å²) in [7, 11) is 0. The molecule has 11 heteroatoms. The van der Waals surface area contributed by atoms with Gasteiger partial charge in [0.15, 0.2) is 0 Å². The number of carbonyl (C=O) groups excluding carboxylic acids is 2. The molecule has 0 aliphatic heterocycles. The monoisotopic (exact) mass is 480 g/mol. The predicted octanol–water partition coefficient (Wildman–Crippen LogP) is 5.80. The Bertz CT molecular complexity index is 1040. The average molecular weight is 480 g/mol. The molecular weight excluding hydrogens is 453 g/mol. The number of hydrogen-bond donors (Lipinski definition) is 2. The molecule has 0 unspecified atom stereocenters. The molecule has 0 fully saturated rings. The van der Waals surface area contributed by atoms with E-state index in [1.54, 1.807) is 41.5 Å². The van der Waals surface area contributed by atoms with Gasteiger partial charge < -0.3 is 9.47 Å². The molecule has 0 saturated heterocycles. The highest BCUT2D eigenvalue weighted by molar-refractivity contribution is 6.02. The van der Waals surface area contributed by atoms with Crippen LogP contribution in [0.5, 0.6) is 0 Å². The number of nitrogens with zero attached hydrogens (tertiary/aromatic N) is 2. The smallest absolute Gasteiger partial charge is 0.418 e. The van der Waals surface area contributed by atoms with Gasteiger partial charge in [0.1, 0.15) is 11.2 Å². The predicted molar refractivity (Wildman–Crippen MR) is 121 cm³/mol. The van der Waals surface area contributed by atoms with Crippen molar-refractivity contribution < 1.29 is 32.2 Å². The summed E-state index contributed by atoms with van der Waals surface area (Å²) in [6.07, 6.45) is -5.16. The van der Waals surface area contributed by atoms with Gasteiger partial charge in [-0.05, 0) is 65.8 Å². The van der Waals surface area contributed by atoms with Gasteiger partial charge >= 0.3 is 18.4 Å². The van der Waals surface area contributed by atoms with Crippen LogP contribution < -0.4 is 10.6 Å². The van der Waals surface area contributed by atoms with Crippen LogP contribution in [0.2, 0.25) is 0 Å². The molecular formula is C23H27F3N4O4. The van der Waals surface area contributed by atoms with Crippen LogP contribution in [0.3, 0.4) is 0 Å². The summed E-state index contributed by atoms with van der Waals surface area (Å²) in [5.74, 6) is -0.335. The number of benzene rings is 1. The molecule has 8 nitrogen and oxygen atoms in total. The fourth-order valence-corrected chi connectivity index (χ4v) is 2.60. The second kappa shape index (κ2) is 10.1. The lowest BCUT2D eigenvalue weighted by molar-refractivity contribution is -0.137. The lowest BCUT2D eigenvalue weighted by Crippen LogP contribution is -2.47. The van der Waals surface area contributed by atoms with Crippen LogP contribution in [-0.4, -0.2) is 34.3 Å². The minimum atomic E-state index is -4.61. The summed E-state index contributed by atoms with van der Waals surface area (Å²) in [4.78, 5) is 32.5. The second-order valence-corrected chi connectivity index (χ2v) is 9.16. The molecule has 0 aliphatic rings. The van der Waals surface area contributed by atoms with Crippen LogP contribution in [0, 0.1) is 0 Å². The standard InChI is InChI=1S/C23H27F3N4O4/c1-21(2,3)33-19(31)29-18(30-20(32)34-22(4,5)6)28-15-10-7-9-14(13-15)17-16(23(24,25)26)11-8-12-27-17/h7-13H,1-6H3,(H2,28,29,30,31,32). The largest absolute Gasteiger partial charge is 0.444 e. The molecule has 0 bridgehead atoms. The van der Waals surface area contributed by atoms with E-state index in [9.17, 15) is 22.8 Å². The normalized spacial score (nSPS) is 11.9. The van der Waals surface area contributed by atoms with Crippen molar-refractivity contribution in [2.24, 2.45) is 4.99 Å². The molecule has 0 aliphatic carbocycles. The Labute approximate surface area is 195 Å². The molecule has 2 rings (SSSR count). The zero-order chi connectivity index (χ0) is 25.7. The molecule has 0 saturated carbocycles. The van der Waals surface area contributed by atoms with E-state index in [2.05, 4.69) is 20.6 Å². The van der Waals surface area contributed by atoms with Gasteiger partial charge in [-0.15, -0.1) is 0 Å². The van der Waals surface area contributed by atoms with Gasteiger partial charge in [0.2, 0.25) is 5.96 Å². The Balaban J connectivity index is 2.43. The van der Waals surface area contributed by atoms with E-state index >= 15 is 0 Å². The Morgan fingerprint density at radius 3 is 1.94 bits per heavy atom. The van der Waals surface area contributed by atoms with Gasteiger partial charge in [0.25, 0.3) is 0 Å². The first kappa shape index (κ1) is 26.6. The first-order chi connectivity index (χ1) is 15.5. The molecule has 1 aromatic carbocycles. The second-order valence-electron chi connectivity index (χ2n) is 9.16. The number of rotatable bonds is 2. The molecule has 34 heavy (non-hydrogen) atoms. The quantitative estimate of drug-likeness (QED) is 0.418. The van der Waals surface area contributed by atoms with Gasteiger partial charge in [-0.25, -0.2) is 14.6 Å². The summed E-state index contributed by atoms with van der Waals surface area (Å²) in [5, 5.41) is 4.63. The van der Waals surface area contributed by atoms with Crippen molar-refractivity contribution in [1.29, 1.82) is 0 Å². The number of hydrogen-bond acceptors (Lipinski definition) is 6. The highest BCUT2D eigenvalue weighted by atomic mass is 19.4. The van der Waals surface area contributed by atoms with Gasteiger partial charge in [-0.3, -0.25) is 15.6 Å². The number of carbonyl (C=O) groups is 2. The fraction of sp³-hybridized carbons (Fsp3) is 0.391. The highest BCUT2D eigenvalue weighted by Crippen LogP contribution is 2.36. The SMILES string of the molecule is CC(C)(C)OC(=O)NC(=Nc1cccc(-c2ncccc2C(F)(F)F)c1)NC(=O)OC(C)(C)C. The van der Waals surface area contributed by atoms with Gasteiger partial charge in [-0.2, -0.15) is 13.2 Å². The number of guanidine groups is 1. The van der Waals surface area contributed by atoms with Crippen molar-refractivity contribution in [3.8, 4) is 11.3 Å². The average Bonchev–Trinajstić information content (AvgIpc) is 2.64. The maximum Gasteiger partial charge on any atom is 0.418 e. The minimum Gasteiger partial charge on any atom is -0.444 e. The van der Waals surface area contributed by atoms with Crippen LogP contribution >= 0.6 is 0 Å². The molecule has 1 aromatic heterocycles. The summed E-state index contributed by atoms with van der Waals surface area (Å²) in [6, 6.07) is 7.86. The van der Waals surface area contributed by atoms with Crippen molar-refractivity contribution in [2.45, 2.75) is 58.9 Å². The van der Waals surface area contributed by atoms with E-state index in [-0.39, 0.29) is 22.9 Å². The van der Waals surface area contributed by atoms with Crippen molar-refractivity contribution >= 4 is 23.8 Å². The summed E-state index contributed by atoms with van der Waals surface area (Å²) in [5.41, 5.74) is -2.56. The number of alkyl halides is 3. The lowest BCUT2D eigenvalue weighted by Gasteiger charge is -2.22. The topological polar surface area (TPSA) is 102 Å². The number of aromatic nitrogens is 1. The zero-order valence-electron chi connectivity index (χ0n) is 19.7. The molecule has 0 radical (unpaired) electrons. The third-order valence-corrected chi connectivity index (χ3v) is 3.71. The first-order valence-electron chi connectivity index (χ1n) is 10.2. The third kappa shape index (κ3) is 8.72. The summed E-state index contributed by atoms with van der Waals surface area (Å²) in [6.45, 7) is 9.91. The van der Waals surface area contributed by atoms with Crippen LogP contribution in [0.25, 0.3) is 11.3 Å². The number of alkyl carbamates (subject to hydrolysis) is 2. The molecule has 0 atom stereocenters. The van der Waals surface area contributed by atoms with E-state index in [1.807, 2.05) is 0 Å². The third-order valence-electron chi connectivity index (χ3n) is 3.71. The molecule has 184 valence electrons. The van der Waals surface area contributed by atoms with Crippen molar-refractivity contribution in [3.05, 3.63) is 48.2 Å². The van der Waals surface area contributed by atoms with Gasteiger partial charge in [-0.1, -0.05) is 12.1 Å². The number of aliphatic imine (C=N–C) groups is 1. The Kier molecular flexibility index (Phi) is 7.91. The molecule has 1 heterocycles. The van der Waals surface area contributed by atoms with E-state index in [0.29, 0.717) is 0 Å². The Hall–Kier alpha value is -3.63. The number of pyridine rings is 1. The van der Waals surface area contributed by atoms with Gasteiger partial charge in [0, 0.05) is 11.8 Å². The zero-order valence-corrected chi connectivity index (χ0v) is 19.7. The van der Waals surface area contributed by atoms with Crippen LogP contribution in [0.4, 0.5) is 28.4 Å². The highest BCUT2D eigenvalue weighted by Gasteiger charge is 2.34. The molecule has 2 aromatic rings. The van der Waals surface area contributed by atoms with E-state index < -0.39 is 35.1 Å². The van der Waals surface area contributed by atoms with E-state index in [1.165, 1.54) is 36.5 Å². The van der Waals surface area contributed by atoms with E-state index in [4.69, 9.17) is 9.47 Å². The molecule has 2 amide bonds. The Morgan fingerprint density at radius 2 is 1.44 bits per heavy atom. The van der Waals surface area contributed by atoms with Crippen LogP contribution in [0.15, 0.2) is 47.6 Å². The maximum atomic E-state index is 13.4. The Morgan fingerprint density at radius 1 is 0.882 bits per heavy atom. The van der Waals surface area contributed by atoms with Crippen LogP contribution in [0.1, 0.15) is 47.1 Å². The lowest BCUT2D eigenvalue weighted by atomic mass is 10.0. The first-order valence-corrected chi connectivity index (χ1v) is 10.2. The molecule has 0 spiro atoms.